The quantitative estimate of drug-likeness (QED) is 0.900. The highest BCUT2D eigenvalue weighted by molar-refractivity contribution is 6.29. The van der Waals surface area contributed by atoms with Crippen LogP contribution in [0.1, 0.15) is 10.5 Å². The van der Waals surface area contributed by atoms with Crippen molar-refractivity contribution in [2.24, 2.45) is 0 Å². The number of hydrogen-bond donors (Lipinski definition) is 1. The molecule has 2 heterocycles. The van der Waals surface area contributed by atoms with Gasteiger partial charge in [-0.1, -0.05) is 23.2 Å². The van der Waals surface area contributed by atoms with Crippen LogP contribution in [0.15, 0.2) is 24.8 Å². The Labute approximate surface area is 106 Å². The third kappa shape index (κ3) is 3.08. The lowest BCUT2D eigenvalue weighted by Gasteiger charge is -2.03. The fraction of sp³-hybridized carbons (Fsp3) is 0. The lowest BCUT2D eigenvalue weighted by molar-refractivity contribution is 0.102. The fourth-order valence-electron chi connectivity index (χ4n) is 1.03. The molecule has 0 saturated heterocycles. The molecule has 8 heteroatoms. The Morgan fingerprint density at radius 1 is 1.00 bits per heavy atom. The van der Waals surface area contributed by atoms with Crippen LogP contribution in [0.2, 0.25) is 10.3 Å². The summed E-state index contributed by atoms with van der Waals surface area (Å²) < 4.78 is 0. The van der Waals surface area contributed by atoms with Gasteiger partial charge >= 0.3 is 0 Å². The number of halogens is 2. The SMILES string of the molecule is O=C(Nc1cncc(Cl)n1)c1cncc(Cl)n1. The van der Waals surface area contributed by atoms with E-state index in [4.69, 9.17) is 23.2 Å². The number of hydrogen-bond acceptors (Lipinski definition) is 5. The van der Waals surface area contributed by atoms with Crippen LogP contribution >= 0.6 is 23.2 Å². The highest BCUT2D eigenvalue weighted by Crippen LogP contribution is 2.09. The Morgan fingerprint density at radius 2 is 1.65 bits per heavy atom. The van der Waals surface area contributed by atoms with Gasteiger partial charge in [-0.25, -0.2) is 9.97 Å². The molecule has 0 unspecified atom stereocenters. The lowest BCUT2D eigenvalue weighted by Crippen LogP contribution is -2.15. The number of carbonyl (C=O) groups is 1. The largest absolute Gasteiger partial charge is 0.304 e. The zero-order valence-corrected chi connectivity index (χ0v) is 9.77. The molecule has 17 heavy (non-hydrogen) atoms. The number of rotatable bonds is 2. The van der Waals surface area contributed by atoms with E-state index in [1.54, 1.807) is 0 Å². The number of aromatic nitrogens is 4. The van der Waals surface area contributed by atoms with Gasteiger partial charge < -0.3 is 5.32 Å². The fourth-order valence-corrected chi connectivity index (χ4v) is 1.33. The average Bonchev–Trinajstić information content (AvgIpc) is 2.29. The van der Waals surface area contributed by atoms with Crippen LogP contribution in [-0.2, 0) is 0 Å². The molecule has 2 aromatic heterocycles. The predicted molar refractivity (Wildman–Crippen MR) is 62.0 cm³/mol. The summed E-state index contributed by atoms with van der Waals surface area (Å²) in [4.78, 5) is 26.9. The smallest absolute Gasteiger partial charge is 0.277 e. The molecule has 2 aromatic rings. The van der Waals surface area contributed by atoms with Gasteiger partial charge in [0.15, 0.2) is 5.82 Å². The molecule has 0 radical (unpaired) electrons. The number of amides is 1. The maximum atomic E-state index is 11.7. The second kappa shape index (κ2) is 5.03. The monoisotopic (exact) mass is 269 g/mol. The molecule has 0 aliphatic carbocycles. The maximum Gasteiger partial charge on any atom is 0.277 e. The van der Waals surface area contributed by atoms with E-state index in [1.165, 1.54) is 24.8 Å². The van der Waals surface area contributed by atoms with Gasteiger partial charge in [-0.15, -0.1) is 0 Å². The van der Waals surface area contributed by atoms with Crippen molar-refractivity contribution in [1.29, 1.82) is 0 Å². The zero-order valence-electron chi connectivity index (χ0n) is 8.26. The van der Waals surface area contributed by atoms with Crippen molar-refractivity contribution in [2.75, 3.05) is 5.32 Å². The molecule has 0 aromatic carbocycles. The Hall–Kier alpha value is -1.79. The summed E-state index contributed by atoms with van der Waals surface area (Å²) in [5.74, 6) is -0.263. The van der Waals surface area contributed by atoms with Crippen LogP contribution in [0.5, 0.6) is 0 Å². The third-order valence-corrected chi connectivity index (χ3v) is 2.05. The summed E-state index contributed by atoms with van der Waals surface area (Å²) in [6, 6.07) is 0. The zero-order chi connectivity index (χ0) is 12.3. The van der Waals surface area contributed by atoms with E-state index in [2.05, 4.69) is 25.3 Å². The van der Waals surface area contributed by atoms with Crippen LogP contribution < -0.4 is 5.32 Å². The molecular weight excluding hydrogens is 265 g/mol. The Bertz CT molecular complexity index is 563. The molecule has 1 amide bonds. The minimum atomic E-state index is -0.489. The summed E-state index contributed by atoms with van der Waals surface area (Å²) in [7, 11) is 0. The first-order valence-electron chi connectivity index (χ1n) is 4.41. The topological polar surface area (TPSA) is 80.7 Å². The van der Waals surface area contributed by atoms with Crippen molar-refractivity contribution < 1.29 is 4.79 Å². The van der Waals surface area contributed by atoms with Crippen molar-refractivity contribution in [2.45, 2.75) is 0 Å². The van der Waals surface area contributed by atoms with E-state index in [1.807, 2.05) is 0 Å². The van der Waals surface area contributed by atoms with E-state index in [-0.39, 0.29) is 21.8 Å². The van der Waals surface area contributed by atoms with Crippen molar-refractivity contribution in [3.63, 3.8) is 0 Å². The molecule has 86 valence electrons. The Kier molecular flexibility index (Phi) is 3.46. The summed E-state index contributed by atoms with van der Waals surface area (Å²) in [5.41, 5.74) is 0.0827. The van der Waals surface area contributed by atoms with E-state index in [9.17, 15) is 4.79 Å². The van der Waals surface area contributed by atoms with Gasteiger partial charge in [0.25, 0.3) is 5.91 Å². The van der Waals surface area contributed by atoms with Gasteiger partial charge in [-0.2, -0.15) is 0 Å². The number of nitrogens with zero attached hydrogens (tertiary/aromatic N) is 4. The molecule has 0 saturated carbocycles. The van der Waals surface area contributed by atoms with Crippen LogP contribution in [0.3, 0.4) is 0 Å². The summed E-state index contributed by atoms with van der Waals surface area (Å²) in [6.45, 7) is 0. The Morgan fingerprint density at radius 3 is 2.29 bits per heavy atom. The normalized spacial score (nSPS) is 10.0. The molecule has 6 nitrogen and oxygen atoms in total. The third-order valence-electron chi connectivity index (χ3n) is 1.68. The Balaban J connectivity index is 2.17. The van der Waals surface area contributed by atoms with Crippen LogP contribution in [0.4, 0.5) is 5.82 Å². The van der Waals surface area contributed by atoms with Gasteiger partial charge in [0, 0.05) is 0 Å². The van der Waals surface area contributed by atoms with Crippen molar-refractivity contribution >= 4 is 34.9 Å². The van der Waals surface area contributed by atoms with E-state index in [0.29, 0.717) is 0 Å². The molecule has 0 spiro atoms. The van der Waals surface area contributed by atoms with Crippen LogP contribution in [0.25, 0.3) is 0 Å². The van der Waals surface area contributed by atoms with Crippen LogP contribution in [0, 0.1) is 0 Å². The van der Waals surface area contributed by atoms with Crippen LogP contribution in [-0.4, -0.2) is 25.8 Å². The van der Waals surface area contributed by atoms with E-state index < -0.39 is 5.91 Å². The van der Waals surface area contributed by atoms with E-state index in [0.717, 1.165) is 0 Å². The molecule has 0 aliphatic heterocycles. The highest BCUT2D eigenvalue weighted by Gasteiger charge is 2.09. The molecule has 0 aliphatic rings. The average molecular weight is 270 g/mol. The summed E-state index contributed by atoms with van der Waals surface area (Å²) >= 11 is 11.2. The lowest BCUT2D eigenvalue weighted by atomic mass is 10.4. The van der Waals surface area contributed by atoms with Gasteiger partial charge in [0.2, 0.25) is 0 Å². The predicted octanol–water partition coefficient (Wildman–Crippen LogP) is 1.83. The first kappa shape index (κ1) is 11.7. The molecule has 0 bridgehead atoms. The number of carbonyl (C=O) groups excluding carboxylic acids is 1. The van der Waals surface area contributed by atoms with Gasteiger partial charge in [-0.3, -0.25) is 14.8 Å². The standard InChI is InChI=1S/C9H5Cl2N5O/c10-6-2-12-1-5(14-6)9(17)16-8-4-13-3-7(11)15-8/h1-4H,(H,15,16,17). The first-order chi connectivity index (χ1) is 8.15. The molecule has 1 N–H and O–H groups in total. The van der Waals surface area contributed by atoms with Gasteiger partial charge in [0.05, 0.1) is 24.8 Å². The summed E-state index contributed by atoms with van der Waals surface area (Å²) in [6.07, 6.45) is 5.34. The summed E-state index contributed by atoms with van der Waals surface area (Å²) in [5, 5.41) is 2.78. The molecule has 0 fully saturated rings. The van der Waals surface area contributed by atoms with Gasteiger partial charge in [0.1, 0.15) is 16.0 Å². The van der Waals surface area contributed by atoms with E-state index >= 15 is 0 Å². The van der Waals surface area contributed by atoms with Gasteiger partial charge in [-0.05, 0) is 0 Å². The molecular formula is C9H5Cl2N5O. The number of anilines is 1. The minimum Gasteiger partial charge on any atom is -0.304 e. The van der Waals surface area contributed by atoms with Crippen molar-refractivity contribution in [3.8, 4) is 0 Å². The molecule has 2 rings (SSSR count). The highest BCUT2D eigenvalue weighted by atomic mass is 35.5. The second-order valence-corrected chi connectivity index (χ2v) is 3.68. The first-order valence-corrected chi connectivity index (χ1v) is 5.17. The van der Waals surface area contributed by atoms with Crippen molar-refractivity contribution in [3.05, 3.63) is 40.8 Å². The minimum absolute atomic E-state index is 0.0827. The maximum absolute atomic E-state index is 11.7. The number of nitrogens with one attached hydrogen (secondary N) is 1. The second-order valence-electron chi connectivity index (χ2n) is 2.91. The van der Waals surface area contributed by atoms with Crippen molar-refractivity contribution in [1.82, 2.24) is 19.9 Å². The molecule has 0 atom stereocenters.